The van der Waals surface area contributed by atoms with Gasteiger partial charge >= 0.3 is 0 Å². The van der Waals surface area contributed by atoms with Crippen molar-refractivity contribution < 1.29 is 13.3 Å². The second-order valence-corrected chi connectivity index (χ2v) is 4.08. The van der Waals surface area contributed by atoms with Crippen molar-refractivity contribution in [3.05, 3.63) is 34.4 Å². The third-order valence-electron chi connectivity index (χ3n) is 1.38. The molecule has 0 aliphatic rings. The summed E-state index contributed by atoms with van der Waals surface area (Å²) in [6.45, 7) is 1.43. The Balaban J connectivity index is 0.000000673. The second-order valence-electron chi connectivity index (χ2n) is 2.52. The summed E-state index contributed by atoms with van der Waals surface area (Å²) >= 11 is 0. The fourth-order valence-corrected chi connectivity index (χ4v) is 1.27. The first kappa shape index (κ1) is 14.0. The SMILES string of the molecule is CC#N.NS(=O)(=O)c1ccc([N+](=O)[O-])cc1. The van der Waals surface area contributed by atoms with E-state index in [1.165, 1.54) is 6.92 Å². The fraction of sp³-hybridized carbons (Fsp3) is 0.125. The van der Waals surface area contributed by atoms with E-state index >= 15 is 0 Å². The van der Waals surface area contributed by atoms with E-state index in [0.29, 0.717) is 0 Å². The standard InChI is InChI=1S/C6H6N2O4S.C2H3N/c7-13(11,12)6-3-1-5(2-4-6)8(9)10;1-2-3/h1-4H,(H2,7,11,12);1H3. The lowest BCUT2D eigenvalue weighted by atomic mass is 10.3. The quantitative estimate of drug-likeness (QED) is 0.606. The normalized spacial score (nSPS) is 9.56. The van der Waals surface area contributed by atoms with E-state index in [9.17, 15) is 18.5 Å². The average molecular weight is 243 g/mol. The predicted octanol–water partition coefficient (Wildman–Crippen LogP) is 0.772. The van der Waals surface area contributed by atoms with Gasteiger partial charge in [-0.15, -0.1) is 0 Å². The molecule has 0 heterocycles. The van der Waals surface area contributed by atoms with Crippen molar-refractivity contribution in [2.24, 2.45) is 5.14 Å². The van der Waals surface area contributed by atoms with Crippen LogP contribution in [0.2, 0.25) is 0 Å². The molecular weight excluding hydrogens is 234 g/mol. The first-order valence-corrected chi connectivity index (χ1v) is 5.45. The molecule has 8 heteroatoms. The van der Waals surface area contributed by atoms with Crippen LogP contribution in [-0.2, 0) is 10.0 Å². The Morgan fingerprint density at radius 1 is 1.38 bits per heavy atom. The minimum Gasteiger partial charge on any atom is -0.258 e. The molecule has 0 aromatic heterocycles. The van der Waals surface area contributed by atoms with Gasteiger partial charge in [0.15, 0.2) is 0 Å². The zero-order chi connectivity index (χ0) is 12.8. The van der Waals surface area contributed by atoms with Gasteiger partial charge in [-0.25, -0.2) is 13.6 Å². The van der Waals surface area contributed by atoms with Crippen molar-refractivity contribution in [3.63, 3.8) is 0 Å². The lowest BCUT2D eigenvalue weighted by Crippen LogP contribution is -2.11. The number of hydrogen-bond acceptors (Lipinski definition) is 5. The number of nitriles is 1. The maximum atomic E-state index is 10.7. The molecule has 0 aliphatic carbocycles. The molecule has 0 fully saturated rings. The molecule has 0 unspecified atom stereocenters. The van der Waals surface area contributed by atoms with Crippen LogP contribution >= 0.6 is 0 Å². The lowest BCUT2D eigenvalue weighted by Gasteiger charge is -1.95. The van der Waals surface area contributed by atoms with E-state index in [1.807, 2.05) is 0 Å². The molecule has 1 aromatic carbocycles. The van der Waals surface area contributed by atoms with Crippen LogP contribution < -0.4 is 5.14 Å². The molecule has 0 bridgehead atoms. The van der Waals surface area contributed by atoms with Gasteiger partial charge in [-0.1, -0.05) is 0 Å². The third-order valence-corrected chi connectivity index (χ3v) is 2.31. The minimum absolute atomic E-state index is 0.141. The molecule has 0 aliphatic heterocycles. The predicted molar refractivity (Wildman–Crippen MR) is 55.8 cm³/mol. The summed E-state index contributed by atoms with van der Waals surface area (Å²) in [6, 6.07) is 6.10. The Kier molecular flexibility index (Phi) is 5.08. The Bertz CT molecular complexity index is 501. The maximum Gasteiger partial charge on any atom is 0.269 e. The number of sulfonamides is 1. The molecule has 0 amide bonds. The van der Waals surface area contributed by atoms with Crippen molar-refractivity contribution >= 4 is 15.7 Å². The van der Waals surface area contributed by atoms with Crippen LogP contribution in [0.1, 0.15) is 6.92 Å². The summed E-state index contributed by atoms with van der Waals surface area (Å²) in [5, 5.41) is 22.3. The van der Waals surface area contributed by atoms with Crippen molar-refractivity contribution in [2.75, 3.05) is 0 Å². The molecule has 1 rings (SSSR count). The summed E-state index contributed by atoms with van der Waals surface area (Å²) in [5.74, 6) is 0. The highest BCUT2D eigenvalue weighted by molar-refractivity contribution is 7.89. The van der Waals surface area contributed by atoms with Crippen LogP contribution in [0.5, 0.6) is 0 Å². The van der Waals surface area contributed by atoms with Crippen LogP contribution in [0.3, 0.4) is 0 Å². The highest BCUT2D eigenvalue weighted by Crippen LogP contribution is 2.14. The highest BCUT2D eigenvalue weighted by atomic mass is 32.2. The number of nitrogens with two attached hydrogens (primary N) is 1. The lowest BCUT2D eigenvalue weighted by molar-refractivity contribution is -0.384. The molecule has 7 nitrogen and oxygen atoms in total. The number of hydrogen-bond donors (Lipinski definition) is 1. The molecular formula is C8H9N3O4S. The van der Waals surface area contributed by atoms with E-state index in [0.717, 1.165) is 24.3 Å². The van der Waals surface area contributed by atoms with Crippen molar-refractivity contribution in [1.82, 2.24) is 0 Å². The molecule has 86 valence electrons. The first-order valence-electron chi connectivity index (χ1n) is 3.91. The van der Waals surface area contributed by atoms with Gasteiger partial charge in [0.05, 0.1) is 15.9 Å². The second kappa shape index (κ2) is 5.79. The monoisotopic (exact) mass is 243 g/mol. The first-order chi connectivity index (χ1) is 7.32. The molecule has 2 N–H and O–H groups in total. The van der Waals surface area contributed by atoms with Crippen molar-refractivity contribution in [1.29, 1.82) is 5.26 Å². The van der Waals surface area contributed by atoms with Gasteiger partial charge in [0.25, 0.3) is 5.69 Å². The van der Waals surface area contributed by atoms with Crippen molar-refractivity contribution in [2.45, 2.75) is 11.8 Å². The third kappa shape index (κ3) is 4.50. The zero-order valence-corrected chi connectivity index (χ0v) is 9.14. The molecule has 0 saturated heterocycles. The molecule has 1 aromatic rings. The van der Waals surface area contributed by atoms with Gasteiger partial charge in [0.2, 0.25) is 10.0 Å². The molecule has 0 radical (unpaired) electrons. The summed E-state index contributed by atoms with van der Waals surface area (Å²) in [4.78, 5) is 9.43. The summed E-state index contributed by atoms with van der Waals surface area (Å²) in [7, 11) is -3.77. The topological polar surface area (TPSA) is 127 Å². The van der Waals surface area contributed by atoms with Gasteiger partial charge in [-0.05, 0) is 12.1 Å². The van der Waals surface area contributed by atoms with Crippen LogP contribution in [0.4, 0.5) is 5.69 Å². The Hall–Kier alpha value is -1.98. The summed E-state index contributed by atoms with van der Waals surface area (Å²) in [6.07, 6.45) is 0. The van der Waals surface area contributed by atoms with E-state index in [-0.39, 0.29) is 10.6 Å². The van der Waals surface area contributed by atoms with E-state index in [2.05, 4.69) is 0 Å². The fourth-order valence-electron chi connectivity index (χ4n) is 0.758. The number of nitrogens with zero attached hydrogens (tertiary/aromatic N) is 2. The van der Waals surface area contributed by atoms with Crippen LogP contribution in [0, 0.1) is 21.4 Å². The number of primary sulfonamides is 1. The number of rotatable bonds is 2. The summed E-state index contributed by atoms with van der Waals surface area (Å²) in [5.41, 5.74) is -0.174. The van der Waals surface area contributed by atoms with Gasteiger partial charge in [0, 0.05) is 19.1 Å². The number of non-ortho nitro benzene ring substituents is 1. The molecule has 0 atom stereocenters. The Morgan fingerprint density at radius 2 is 1.75 bits per heavy atom. The highest BCUT2D eigenvalue weighted by Gasteiger charge is 2.10. The largest absolute Gasteiger partial charge is 0.269 e. The number of benzene rings is 1. The molecule has 16 heavy (non-hydrogen) atoms. The number of nitro benzene ring substituents is 1. The zero-order valence-electron chi connectivity index (χ0n) is 8.32. The van der Waals surface area contributed by atoms with Gasteiger partial charge in [-0.2, -0.15) is 5.26 Å². The van der Waals surface area contributed by atoms with E-state index in [4.69, 9.17) is 10.4 Å². The molecule has 0 saturated carbocycles. The minimum atomic E-state index is -3.77. The van der Waals surface area contributed by atoms with Crippen LogP contribution in [0.15, 0.2) is 29.2 Å². The van der Waals surface area contributed by atoms with Crippen molar-refractivity contribution in [3.8, 4) is 6.07 Å². The average Bonchev–Trinajstić information content (AvgIpc) is 2.18. The summed E-state index contributed by atoms with van der Waals surface area (Å²) < 4.78 is 21.4. The van der Waals surface area contributed by atoms with Gasteiger partial charge < -0.3 is 0 Å². The Morgan fingerprint density at radius 3 is 2.00 bits per heavy atom. The maximum absolute atomic E-state index is 10.7. The van der Waals surface area contributed by atoms with Gasteiger partial charge in [-0.3, -0.25) is 10.1 Å². The smallest absolute Gasteiger partial charge is 0.258 e. The molecule has 0 spiro atoms. The van der Waals surface area contributed by atoms with E-state index < -0.39 is 14.9 Å². The van der Waals surface area contributed by atoms with Gasteiger partial charge in [0.1, 0.15) is 0 Å². The van der Waals surface area contributed by atoms with E-state index in [1.54, 1.807) is 6.07 Å². The number of nitro groups is 1. The Labute approximate surface area is 92.3 Å². The van der Waals surface area contributed by atoms with Crippen LogP contribution in [0.25, 0.3) is 0 Å². The van der Waals surface area contributed by atoms with Crippen LogP contribution in [-0.4, -0.2) is 13.3 Å².